The molecule has 8 atom stereocenters. The first-order chi connectivity index (χ1) is 14.8. The third-order valence-corrected chi connectivity index (χ3v) is 9.86. The molecule has 0 amide bonds. The summed E-state index contributed by atoms with van der Waals surface area (Å²) in [4.78, 5) is 27.7. The predicted octanol–water partition coefficient (Wildman–Crippen LogP) is 4.18. The zero-order valence-corrected chi connectivity index (χ0v) is 18.7. The highest BCUT2D eigenvalue weighted by molar-refractivity contribution is 6.30. The molecule has 166 valence electrons. The molecule has 0 aromatic carbocycles. The minimum Gasteiger partial charge on any atom is -0.462 e. The standard InChI is InChI=1S/C24H32N4O3/c1-14(29)31-17-6-8-22(2)15(10-17)4-5-18-19(22)7-9-23(3)20(18)11-16-12-27-28-24(16,23)21(30)13-26-25/h4,13,16-20H,5-12H2,1-3H3. The van der Waals surface area contributed by atoms with Gasteiger partial charge in [0, 0.05) is 24.7 Å². The molecule has 5 aliphatic rings. The molecule has 0 aromatic rings. The Hall–Kier alpha value is -2.14. The van der Waals surface area contributed by atoms with E-state index in [1.54, 1.807) is 0 Å². The van der Waals surface area contributed by atoms with Crippen LogP contribution in [0.2, 0.25) is 0 Å². The van der Waals surface area contributed by atoms with Gasteiger partial charge in [-0.05, 0) is 61.7 Å². The van der Waals surface area contributed by atoms with Crippen molar-refractivity contribution in [3.05, 3.63) is 17.2 Å². The number of azo groups is 1. The average Bonchev–Trinajstić information content (AvgIpc) is 3.25. The first-order valence-electron chi connectivity index (χ1n) is 11.7. The third-order valence-electron chi connectivity index (χ3n) is 9.86. The number of nitrogens with zero attached hydrogens (tertiary/aromatic N) is 4. The fourth-order valence-corrected chi connectivity index (χ4v) is 8.47. The second-order valence-electron chi connectivity index (χ2n) is 10.9. The summed E-state index contributed by atoms with van der Waals surface area (Å²) in [5, 5.41) is 8.89. The number of ether oxygens (including phenoxy) is 1. The maximum absolute atomic E-state index is 13.2. The number of ketones is 1. The Balaban J connectivity index is 1.47. The van der Waals surface area contributed by atoms with Crippen molar-refractivity contribution in [3.63, 3.8) is 0 Å². The van der Waals surface area contributed by atoms with Gasteiger partial charge in [-0.2, -0.15) is 15.0 Å². The number of rotatable bonds is 3. The second kappa shape index (κ2) is 6.93. The molecule has 31 heavy (non-hydrogen) atoms. The summed E-state index contributed by atoms with van der Waals surface area (Å²) in [5.74, 6) is 1.23. The lowest BCUT2D eigenvalue weighted by atomic mass is 9.46. The molecule has 0 aromatic heterocycles. The Kier molecular flexibility index (Phi) is 4.64. The van der Waals surface area contributed by atoms with Crippen molar-refractivity contribution in [2.24, 2.45) is 44.7 Å². The summed E-state index contributed by atoms with van der Waals surface area (Å²) in [6, 6.07) is 0. The number of allylic oxidation sites excluding steroid dienone is 1. The molecular formula is C24H32N4O3. The largest absolute Gasteiger partial charge is 0.462 e. The van der Waals surface area contributed by atoms with Crippen LogP contribution in [0.4, 0.5) is 0 Å². The van der Waals surface area contributed by atoms with Crippen LogP contribution >= 0.6 is 0 Å². The molecular weight excluding hydrogens is 392 g/mol. The first-order valence-corrected chi connectivity index (χ1v) is 11.7. The molecule has 8 unspecified atom stereocenters. The van der Waals surface area contributed by atoms with Crippen LogP contribution in [0.5, 0.6) is 0 Å². The van der Waals surface area contributed by atoms with E-state index in [2.05, 4.69) is 34.9 Å². The molecule has 0 bridgehead atoms. The van der Waals surface area contributed by atoms with Gasteiger partial charge < -0.3 is 10.3 Å². The smallest absolute Gasteiger partial charge is 0.325 e. The minimum atomic E-state index is -0.868. The fraction of sp³-hybridized carbons (Fsp3) is 0.792. The van der Waals surface area contributed by atoms with Crippen molar-refractivity contribution in [3.8, 4) is 0 Å². The van der Waals surface area contributed by atoms with E-state index in [0.717, 1.165) is 51.2 Å². The Morgan fingerprint density at radius 3 is 2.81 bits per heavy atom. The van der Waals surface area contributed by atoms with Crippen molar-refractivity contribution in [1.82, 2.24) is 0 Å². The maximum Gasteiger partial charge on any atom is 0.325 e. The SMILES string of the molecule is CC(=O)OC1CCC2(C)C(=CCC3C2CCC2(C)C3CC3CN=NC32C(=O)C=[N+]=[N-])C1. The summed E-state index contributed by atoms with van der Waals surface area (Å²) in [7, 11) is 0. The van der Waals surface area contributed by atoms with Gasteiger partial charge in [-0.3, -0.25) is 9.59 Å². The van der Waals surface area contributed by atoms with Gasteiger partial charge in [-0.25, -0.2) is 0 Å². The van der Waals surface area contributed by atoms with Crippen LogP contribution in [-0.4, -0.2) is 40.9 Å². The zero-order chi connectivity index (χ0) is 22.0. The quantitative estimate of drug-likeness (QED) is 0.223. The lowest BCUT2D eigenvalue weighted by Gasteiger charge is -2.58. The molecule has 1 heterocycles. The summed E-state index contributed by atoms with van der Waals surface area (Å²) in [6.45, 7) is 6.74. The minimum absolute atomic E-state index is 0.00661. The van der Waals surface area contributed by atoms with E-state index in [0.29, 0.717) is 24.3 Å². The van der Waals surface area contributed by atoms with Crippen molar-refractivity contribution in [2.75, 3.05) is 6.54 Å². The van der Waals surface area contributed by atoms with E-state index in [1.807, 2.05) is 0 Å². The number of fused-ring (bicyclic) bond motifs is 7. The van der Waals surface area contributed by atoms with Crippen LogP contribution in [0.1, 0.15) is 65.7 Å². The average molecular weight is 425 g/mol. The zero-order valence-electron chi connectivity index (χ0n) is 18.7. The lowest BCUT2D eigenvalue weighted by Crippen LogP contribution is -2.57. The van der Waals surface area contributed by atoms with Crippen LogP contribution in [-0.2, 0) is 14.3 Å². The van der Waals surface area contributed by atoms with E-state index >= 15 is 0 Å². The number of carbonyl (C=O) groups excluding carboxylic acids is 2. The van der Waals surface area contributed by atoms with E-state index in [1.165, 1.54) is 12.5 Å². The monoisotopic (exact) mass is 424 g/mol. The number of esters is 1. The highest BCUT2D eigenvalue weighted by Gasteiger charge is 2.72. The van der Waals surface area contributed by atoms with E-state index in [-0.39, 0.29) is 34.6 Å². The number of carbonyl (C=O) groups is 2. The third kappa shape index (κ3) is 2.65. The Labute approximate surface area is 183 Å². The molecule has 0 N–H and O–H groups in total. The highest BCUT2D eigenvalue weighted by atomic mass is 16.5. The molecule has 5 rings (SSSR count). The molecule has 0 radical (unpaired) electrons. The highest BCUT2D eigenvalue weighted by Crippen LogP contribution is 2.70. The summed E-state index contributed by atoms with van der Waals surface area (Å²) >= 11 is 0. The van der Waals surface area contributed by atoms with Gasteiger partial charge in [0.05, 0.1) is 6.54 Å². The van der Waals surface area contributed by atoms with Gasteiger partial charge in [0.25, 0.3) is 5.78 Å². The Morgan fingerprint density at radius 1 is 1.26 bits per heavy atom. The fourth-order valence-electron chi connectivity index (χ4n) is 8.47. The topological polar surface area (TPSA) is 104 Å². The summed E-state index contributed by atoms with van der Waals surface area (Å²) in [6.07, 6.45) is 10.3. The molecule has 4 aliphatic carbocycles. The predicted molar refractivity (Wildman–Crippen MR) is 113 cm³/mol. The molecule has 7 nitrogen and oxygen atoms in total. The van der Waals surface area contributed by atoms with Crippen LogP contribution < -0.4 is 0 Å². The van der Waals surface area contributed by atoms with Gasteiger partial charge in [0.1, 0.15) is 6.10 Å². The van der Waals surface area contributed by atoms with Crippen molar-refractivity contribution >= 4 is 18.0 Å². The summed E-state index contributed by atoms with van der Waals surface area (Å²) < 4.78 is 5.55. The van der Waals surface area contributed by atoms with Gasteiger partial charge in [-0.1, -0.05) is 25.5 Å². The van der Waals surface area contributed by atoms with Crippen molar-refractivity contribution in [1.29, 1.82) is 0 Å². The van der Waals surface area contributed by atoms with Gasteiger partial charge in [-0.15, -0.1) is 0 Å². The number of hydrogen-bond donors (Lipinski definition) is 0. The number of hydrogen-bond acceptors (Lipinski definition) is 5. The van der Waals surface area contributed by atoms with Gasteiger partial charge in [0.15, 0.2) is 5.54 Å². The van der Waals surface area contributed by atoms with Crippen LogP contribution in [0.15, 0.2) is 21.9 Å². The Bertz CT molecular complexity index is 937. The van der Waals surface area contributed by atoms with Crippen LogP contribution in [0, 0.1) is 34.5 Å². The Morgan fingerprint density at radius 2 is 2.06 bits per heavy atom. The van der Waals surface area contributed by atoms with E-state index < -0.39 is 5.54 Å². The molecule has 1 aliphatic heterocycles. The molecule has 7 heteroatoms. The van der Waals surface area contributed by atoms with Crippen LogP contribution in [0.25, 0.3) is 5.53 Å². The maximum atomic E-state index is 13.2. The molecule has 0 saturated heterocycles. The molecule has 0 spiro atoms. The van der Waals surface area contributed by atoms with E-state index in [4.69, 9.17) is 10.3 Å². The van der Waals surface area contributed by atoms with Gasteiger partial charge >= 0.3 is 12.2 Å². The molecule has 3 saturated carbocycles. The number of Topliss-reactive ketones (excluding diaryl/α,β-unsaturated/α-hetero) is 1. The lowest BCUT2D eigenvalue weighted by molar-refractivity contribution is -0.149. The van der Waals surface area contributed by atoms with Gasteiger partial charge in [0.2, 0.25) is 0 Å². The second-order valence-corrected chi connectivity index (χ2v) is 10.9. The van der Waals surface area contributed by atoms with E-state index in [9.17, 15) is 9.59 Å². The summed E-state index contributed by atoms with van der Waals surface area (Å²) in [5.41, 5.74) is 9.54. The first kappa shape index (κ1) is 20.7. The van der Waals surface area contributed by atoms with Crippen molar-refractivity contribution < 1.29 is 19.1 Å². The normalized spacial score (nSPS) is 47.2. The van der Waals surface area contributed by atoms with Crippen LogP contribution in [0.3, 0.4) is 0 Å². The van der Waals surface area contributed by atoms with Crippen molar-refractivity contribution in [2.45, 2.75) is 77.4 Å². The molecule has 3 fully saturated rings.